The lowest BCUT2D eigenvalue weighted by Crippen LogP contribution is -2.50. The molecule has 0 fully saturated rings. The summed E-state index contributed by atoms with van der Waals surface area (Å²) in [4.78, 5) is 30.4. The van der Waals surface area contributed by atoms with E-state index in [1.54, 1.807) is 18.2 Å². The monoisotopic (exact) mass is 524 g/mol. The van der Waals surface area contributed by atoms with Crippen molar-refractivity contribution in [1.82, 2.24) is 4.90 Å². The van der Waals surface area contributed by atoms with Crippen LogP contribution in [0.3, 0.4) is 0 Å². The zero-order chi connectivity index (χ0) is 28.1. The van der Waals surface area contributed by atoms with Crippen molar-refractivity contribution >= 4 is 17.8 Å². The van der Waals surface area contributed by atoms with E-state index in [-0.39, 0.29) is 24.5 Å². The van der Waals surface area contributed by atoms with Gasteiger partial charge in [-0.2, -0.15) is 0 Å². The zero-order valence-corrected chi connectivity index (χ0v) is 23.0. The van der Waals surface area contributed by atoms with Gasteiger partial charge in [-0.25, -0.2) is 4.99 Å². The number of nitrogens with zero attached hydrogens (tertiary/aromatic N) is 2. The number of benzene rings is 2. The van der Waals surface area contributed by atoms with Gasteiger partial charge in [0.25, 0.3) is 0 Å². The van der Waals surface area contributed by atoms with E-state index in [1.807, 2.05) is 58.9 Å². The van der Waals surface area contributed by atoms with Crippen LogP contribution in [-0.4, -0.2) is 51.6 Å². The number of ether oxygens (including phenoxy) is 2. The summed E-state index contributed by atoms with van der Waals surface area (Å²) in [5.41, 5.74) is 12.8. The molecule has 1 atom stereocenters. The molecule has 2 aliphatic heterocycles. The van der Waals surface area contributed by atoms with Gasteiger partial charge in [-0.05, 0) is 63.4 Å². The largest absolute Gasteiger partial charge is 0.491 e. The summed E-state index contributed by atoms with van der Waals surface area (Å²) in [6.07, 6.45) is 2.20. The number of amides is 2. The van der Waals surface area contributed by atoms with Crippen molar-refractivity contribution in [3.05, 3.63) is 59.2 Å². The molecule has 2 aliphatic rings. The molecule has 38 heavy (non-hydrogen) atoms. The minimum Gasteiger partial charge on any atom is -0.491 e. The smallest absolute Gasteiger partial charge is 0.248 e. The quantitative estimate of drug-likeness (QED) is 0.528. The van der Waals surface area contributed by atoms with E-state index in [1.165, 1.54) is 4.90 Å². The summed E-state index contributed by atoms with van der Waals surface area (Å²) in [5, 5.41) is 9.23. The fourth-order valence-corrected chi connectivity index (χ4v) is 4.44. The highest BCUT2D eigenvalue weighted by Crippen LogP contribution is 2.32. The summed E-state index contributed by atoms with van der Waals surface area (Å²) >= 11 is 0. The summed E-state index contributed by atoms with van der Waals surface area (Å²) in [7, 11) is 0. The maximum Gasteiger partial charge on any atom is 0.248 e. The van der Waals surface area contributed by atoms with Gasteiger partial charge >= 0.3 is 0 Å². The van der Waals surface area contributed by atoms with E-state index >= 15 is 0 Å². The number of primary amides is 1. The SMILES string of the molecule is CCC1(CC)CC(=O)N(Cc2cc(C(N)=O)ccc2OC(C)(C)C)C(N)=N1.OC1COc2ccccc2C1. The van der Waals surface area contributed by atoms with Crippen molar-refractivity contribution < 1.29 is 24.2 Å². The zero-order valence-electron chi connectivity index (χ0n) is 23.0. The molecule has 206 valence electrons. The molecule has 2 aromatic rings. The predicted octanol–water partition coefficient (Wildman–Crippen LogP) is 3.55. The number of guanidine groups is 1. The normalized spacial score (nSPS) is 18.4. The van der Waals surface area contributed by atoms with Gasteiger partial charge in [-0.1, -0.05) is 32.0 Å². The third-order valence-electron chi connectivity index (χ3n) is 6.67. The molecule has 4 rings (SSSR count). The van der Waals surface area contributed by atoms with E-state index < -0.39 is 17.0 Å². The van der Waals surface area contributed by atoms with Crippen molar-refractivity contribution in [2.45, 2.75) is 84.1 Å². The van der Waals surface area contributed by atoms with Gasteiger partial charge in [-0.3, -0.25) is 14.5 Å². The van der Waals surface area contributed by atoms with Crippen LogP contribution in [0.25, 0.3) is 0 Å². The average molecular weight is 525 g/mol. The molecule has 0 spiro atoms. The van der Waals surface area contributed by atoms with Crippen LogP contribution >= 0.6 is 0 Å². The number of hydrogen-bond acceptors (Lipinski definition) is 7. The highest BCUT2D eigenvalue weighted by Gasteiger charge is 2.37. The van der Waals surface area contributed by atoms with Crippen LogP contribution < -0.4 is 20.9 Å². The van der Waals surface area contributed by atoms with Gasteiger partial charge < -0.3 is 26.0 Å². The molecule has 1 unspecified atom stereocenters. The second-order valence-corrected chi connectivity index (χ2v) is 10.7. The molecule has 2 aromatic carbocycles. The topological polar surface area (TPSA) is 140 Å². The van der Waals surface area contributed by atoms with Crippen molar-refractivity contribution in [3.8, 4) is 11.5 Å². The highest BCUT2D eigenvalue weighted by atomic mass is 16.5. The standard InChI is InChI=1S/C20H30N4O3.C9H10O2/c1-6-20(7-2)11-16(25)24(18(22)23-20)12-14-10-13(17(21)26)8-9-15(14)27-19(3,4)5;10-8-5-7-3-1-2-4-9(7)11-6-8/h8-10H,6-7,11-12H2,1-5H3,(H2,21,26)(H2,22,23);1-4,8,10H,5-6H2. The molecule has 0 saturated carbocycles. The predicted molar refractivity (Wildman–Crippen MR) is 147 cm³/mol. The summed E-state index contributed by atoms with van der Waals surface area (Å²) in [6, 6.07) is 12.8. The van der Waals surface area contributed by atoms with Crippen LogP contribution in [0, 0.1) is 0 Å². The maximum atomic E-state index is 12.8. The molecule has 9 nitrogen and oxygen atoms in total. The van der Waals surface area contributed by atoms with E-state index in [9.17, 15) is 14.7 Å². The lowest BCUT2D eigenvalue weighted by Gasteiger charge is -2.36. The van der Waals surface area contributed by atoms with Crippen molar-refractivity contribution in [3.63, 3.8) is 0 Å². The molecule has 2 amide bonds. The lowest BCUT2D eigenvalue weighted by atomic mass is 9.88. The van der Waals surface area contributed by atoms with Crippen LogP contribution in [0.5, 0.6) is 11.5 Å². The Balaban J connectivity index is 0.000000299. The number of aliphatic hydroxyl groups excluding tert-OH is 1. The van der Waals surface area contributed by atoms with Gasteiger partial charge in [0, 0.05) is 17.5 Å². The number of fused-ring (bicyclic) bond motifs is 1. The minimum absolute atomic E-state index is 0.0858. The maximum absolute atomic E-state index is 12.8. The molecular weight excluding hydrogens is 484 g/mol. The Morgan fingerprint density at radius 2 is 1.89 bits per heavy atom. The minimum atomic E-state index is -0.541. The van der Waals surface area contributed by atoms with E-state index in [0.29, 0.717) is 29.9 Å². The average Bonchev–Trinajstić information content (AvgIpc) is 2.86. The van der Waals surface area contributed by atoms with Crippen molar-refractivity contribution in [2.24, 2.45) is 16.5 Å². The first-order chi connectivity index (χ1) is 17.9. The van der Waals surface area contributed by atoms with Gasteiger partial charge in [0.15, 0.2) is 5.96 Å². The van der Waals surface area contributed by atoms with Gasteiger partial charge in [0.2, 0.25) is 11.8 Å². The van der Waals surface area contributed by atoms with Crippen LogP contribution in [0.1, 0.15) is 75.4 Å². The molecule has 0 bridgehead atoms. The summed E-state index contributed by atoms with van der Waals surface area (Å²) < 4.78 is 11.3. The summed E-state index contributed by atoms with van der Waals surface area (Å²) in [6.45, 7) is 10.4. The molecule has 2 heterocycles. The number of carbonyl (C=O) groups excluding carboxylic acids is 2. The Labute approximate surface area is 224 Å². The second-order valence-electron chi connectivity index (χ2n) is 10.7. The first kappa shape index (κ1) is 29.0. The molecule has 0 radical (unpaired) electrons. The Hall–Kier alpha value is -3.59. The lowest BCUT2D eigenvalue weighted by molar-refractivity contribution is -0.130. The highest BCUT2D eigenvalue weighted by molar-refractivity contribution is 5.99. The Morgan fingerprint density at radius 3 is 2.50 bits per heavy atom. The number of rotatable bonds is 6. The van der Waals surface area contributed by atoms with Crippen LogP contribution in [0.2, 0.25) is 0 Å². The molecule has 9 heteroatoms. The summed E-state index contributed by atoms with van der Waals surface area (Å²) in [5.74, 6) is 1.06. The van der Waals surface area contributed by atoms with Crippen LogP contribution in [0.4, 0.5) is 0 Å². The Bertz CT molecular complexity index is 1180. The number of hydrogen-bond donors (Lipinski definition) is 3. The van der Waals surface area contributed by atoms with Crippen molar-refractivity contribution in [1.29, 1.82) is 0 Å². The van der Waals surface area contributed by atoms with Crippen molar-refractivity contribution in [2.75, 3.05) is 6.61 Å². The van der Waals surface area contributed by atoms with Gasteiger partial charge in [-0.15, -0.1) is 0 Å². The van der Waals surface area contributed by atoms with Crippen LogP contribution in [-0.2, 0) is 17.8 Å². The third-order valence-corrected chi connectivity index (χ3v) is 6.67. The fraction of sp³-hybridized carbons (Fsp3) is 0.483. The molecule has 0 aliphatic carbocycles. The van der Waals surface area contributed by atoms with Gasteiger partial charge in [0.05, 0.1) is 24.6 Å². The van der Waals surface area contributed by atoms with E-state index in [0.717, 1.165) is 30.6 Å². The molecule has 5 N–H and O–H groups in total. The fourth-order valence-electron chi connectivity index (χ4n) is 4.44. The molecule has 0 saturated heterocycles. The van der Waals surface area contributed by atoms with Crippen LogP contribution in [0.15, 0.2) is 47.5 Å². The number of aliphatic imine (C=N–C) groups is 1. The second kappa shape index (κ2) is 11.9. The Morgan fingerprint density at radius 1 is 1.21 bits per heavy atom. The Kier molecular flexibility index (Phi) is 9.04. The first-order valence-corrected chi connectivity index (χ1v) is 13.0. The van der Waals surface area contributed by atoms with Gasteiger partial charge in [0.1, 0.15) is 23.7 Å². The number of aliphatic hydroxyl groups is 1. The number of carbonyl (C=O) groups is 2. The first-order valence-electron chi connectivity index (χ1n) is 13.0. The number of nitrogens with two attached hydrogens (primary N) is 2. The third kappa shape index (κ3) is 7.25. The van der Waals surface area contributed by atoms with E-state index in [2.05, 4.69) is 4.99 Å². The molecular formula is C29H40N4O5. The molecule has 0 aromatic heterocycles. The van der Waals surface area contributed by atoms with E-state index in [4.69, 9.17) is 20.9 Å². The number of para-hydroxylation sites is 1.